The van der Waals surface area contributed by atoms with Crippen molar-refractivity contribution < 1.29 is 24.8 Å². The van der Waals surface area contributed by atoms with E-state index >= 15 is 0 Å². The first-order valence-electron chi connectivity index (χ1n) is 13.3. The van der Waals surface area contributed by atoms with E-state index in [9.17, 15) is 10.1 Å². The van der Waals surface area contributed by atoms with Gasteiger partial charge in [-0.2, -0.15) is 0 Å². The number of halogens is 2. The SMILES string of the molecule is Cc1cc(C)c(N2[C]N(c3c(C)cc(C)cc3C)CCC2)c(C)c1.[CH]c1cc([N+](=O)[O-])ccc1OC(C)C.[Cl][Ru][Cl]. The van der Waals surface area contributed by atoms with Crippen LogP contribution in [-0.2, 0) is 15.1 Å². The first-order chi connectivity index (χ1) is 19.3. The summed E-state index contributed by atoms with van der Waals surface area (Å²) >= 11 is -0.346. The van der Waals surface area contributed by atoms with E-state index in [0.717, 1.165) is 19.5 Å². The molecule has 1 heterocycles. The van der Waals surface area contributed by atoms with Crippen LogP contribution in [0, 0.1) is 65.2 Å². The molecule has 1 fully saturated rings. The third kappa shape index (κ3) is 10.2. The van der Waals surface area contributed by atoms with Gasteiger partial charge in [-0.3, -0.25) is 10.1 Å². The van der Waals surface area contributed by atoms with Crippen LogP contribution >= 0.6 is 19.4 Å². The molecule has 222 valence electrons. The summed E-state index contributed by atoms with van der Waals surface area (Å²) in [6.45, 7) is 28.2. The van der Waals surface area contributed by atoms with E-state index in [2.05, 4.69) is 82.3 Å². The minimum absolute atomic E-state index is 0.00115. The topological polar surface area (TPSA) is 58.9 Å². The van der Waals surface area contributed by atoms with Crippen molar-refractivity contribution in [1.82, 2.24) is 0 Å². The van der Waals surface area contributed by atoms with Crippen LogP contribution < -0.4 is 14.5 Å². The van der Waals surface area contributed by atoms with Gasteiger partial charge in [0, 0.05) is 49.1 Å². The molecule has 0 aromatic heterocycles. The van der Waals surface area contributed by atoms with E-state index in [4.69, 9.17) is 31.0 Å². The van der Waals surface area contributed by atoms with E-state index in [1.54, 1.807) is 0 Å². The van der Waals surface area contributed by atoms with Gasteiger partial charge in [0.2, 0.25) is 6.67 Å². The molecule has 0 aliphatic carbocycles. The molecule has 0 unspecified atom stereocenters. The fourth-order valence-corrected chi connectivity index (χ4v) is 5.16. The van der Waals surface area contributed by atoms with E-state index < -0.39 is 4.92 Å². The van der Waals surface area contributed by atoms with Gasteiger partial charge in [0.15, 0.2) is 0 Å². The molecule has 0 atom stereocenters. The van der Waals surface area contributed by atoms with Gasteiger partial charge in [-0.05, 0) is 90.1 Å². The van der Waals surface area contributed by atoms with E-state index in [1.165, 1.54) is 63.0 Å². The Hall–Kier alpha value is -2.34. The predicted octanol–water partition coefficient (Wildman–Crippen LogP) is 9.07. The summed E-state index contributed by atoms with van der Waals surface area (Å²) in [6, 6.07) is 13.2. The van der Waals surface area contributed by atoms with Crippen molar-refractivity contribution in [1.29, 1.82) is 0 Å². The summed E-state index contributed by atoms with van der Waals surface area (Å²) < 4.78 is 5.33. The number of aryl methyl sites for hydroxylation is 6. The molecule has 1 aliphatic rings. The van der Waals surface area contributed by atoms with E-state index in [-0.39, 0.29) is 32.5 Å². The summed E-state index contributed by atoms with van der Waals surface area (Å²) in [4.78, 5) is 14.5. The Labute approximate surface area is 261 Å². The van der Waals surface area contributed by atoms with Gasteiger partial charge in [0.1, 0.15) is 5.75 Å². The van der Waals surface area contributed by atoms with Crippen molar-refractivity contribution in [3.8, 4) is 5.75 Å². The molecule has 1 aliphatic heterocycles. The quantitative estimate of drug-likeness (QED) is 0.152. The van der Waals surface area contributed by atoms with Crippen molar-refractivity contribution >= 4 is 36.4 Å². The molecule has 9 heteroatoms. The summed E-state index contributed by atoms with van der Waals surface area (Å²) in [5, 5.41) is 10.4. The third-order valence-electron chi connectivity index (χ3n) is 6.38. The zero-order valence-corrected chi connectivity index (χ0v) is 28.2. The van der Waals surface area contributed by atoms with E-state index in [1.807, 2.05) is 13.8 Å². The molecule has 0 bridgehead atoms. The molecular weight excluding hydrogens is 646 g/mol. The second-order valence-corrected chi connectivity index (χ2v) is 13.1. The molecule has 3 aromatic rings. The number of hydrogen-bond acceptors (Lipinski definition) is 5. The first kappa shape index (κ1) is 34.9. The van der Waals surface area contributed by atoms with Crippen molar-refractivity contribution in [3.05, 3.63) is 105 Å². The fourth-order valence-electron chi connectivity index (χ4n) is 5.16. The molecule has 0 N–H and O–H groups in total. The fraction of sp³-hybridized carbons (Fsp3) is 0.375. The van der Waals surface area contributed by atoms with Crippen molar-refractivity contribution in [2.24, 2.45) is 0 Å². The van der Waals surface area contributed by atoms with Gasteiger partial charge < -0.3 is 14.5 Å². The average Bonchev–Trinajstić information content (AvgIpc) is 2.85. The molecule has 1 saturated heterocycles. The van der Waals surface area contributed by atoms with Crippen LogP contribution in [0.15, 0.2) is 42.5 Å². The Morgan fingerprint density at radius 1 is 0.878 bits per heavy atom. The number of nitro benzene ring substituents is 1. The monoisotopic (exact) mass is 685 g/mol. The van der Waals surface area contributed by atoms with Gasteiger partial charge in [-0.15, -0.1) is 0 Å². The number of benzene rings is 3. The molecule has 0 spiro atoms. The second-order valence-electron chi connectivity index (χ2n) is 10.4. The molecule has 0 saturated carbocycles. The normalized spacial score (nSPS) is 12.9. The van der Waals surface area contributed by atoms with Crippen LogP contribution in [0.4, 0.5) is 17.1 Å². The molecule has 0 amide bonds. The van der Waals surface area contributed by atoms with Gasteiger partial charge in [0.05, 0.1) is 11.0 Å². The zero-order valence-electron chi connectivity index (χ0n) is 25.0. The second kappa shape index (κ2) is 16.3. The number of non-ortho nitro benzene ring substituents is 1. The first-order valence-corrected chi connectivity index (χ1v) is 17.8. The van der Waals surface area contributed by atoms with Crippen LogP contribution in [0.25, 0.3) is 0 Å². The van der Waals surface area contributed by atoms with Gasteiger partial charge in [-0.1, -0.05) is 35.4 Å². The number of rotatable bonds is 5. The number of ether oxygens (including phenoxy) is 1. The van der Waals surface area contributed by atoms with Crippen LogP contribution in [0.1, 0.15) is 59.2 Å². The maximum absolute atomic E-state index is 10.4. The average molecular weight is 686 g/mol. The Morgan fingerprint density at radius 2 is 1.29 bits per heavy atom. The minimum atomic E-state index is -0.491. The molecule has 41 heavy (non-hydrogen) atoms. The molecule has 6 nitrogen and oxygen atoms in total. The number of anilines is 2. The summed E-state index contributed by atoms with van der Waals surface area (Å²) in [7, 11) is 9.71. The van der Waals surface area contributed by atoms with Crippen LogP contribution in [0.3, 0.4) is 0 Å². The molecule has 4 rings (SSSR count). The molecular formula is C32H39Cl2N3O3Ru. The Bertz CT molecular complexity index is 1220. The molecule has 3 aromatic carbocycles. The number of hydrogen-bond donors (Lipinski definition) is 0. The van der Waals surface area contributed by atoms with Gasteiger partial charge >= 0.3 is 34.5 Å². The van der Waals surface area contributed by atoms with Gasteiger partial charge in [-0.25, -0.2) is 0 Å². The predicted molar refractivity (Wildman–Crippen MR) is 168 cm³/mol. The van der Waals surface area contributed by atoms with Crippen molar-refractivity contribution in [2.45, 2.75) is 67.9 Å². The summed E-state index contributed by atoms with van der Waals surface area (Å²) in [5.41, 5.74) is 10.9. The van der Waals surface area contributed by atoms with Crippen LogP contribution in [0.2, 0.25) is 0 Å². The maximum atomic E-state index is 10.4. The van der Waals surface area contributed by atoms with E-state index in [0.29, 0.717) is 5.75 Å². The van der Waals surface area contributed by atoms with Crippen LogP contribution in [-0.4, -0.2) is 24.1 Å². The summed E-state index contributed by atoms with van der Waals surface area (Å²) in [6.07, 6.45) is 1.14. The standard InChI is InChI=1S/C22H28N2.C10H11NO3.2ClH.Ru/c1-15-10-17(3)21(18(4)11-15)23-8-7-9-24(14-23)22-19(5)12-16(2)13-20(22)6;1-7(2)14-10-5-4-9(11(12)13)6-8(10)3;;;/h10-13H,7-9H2,1-6H3;3-7H,1-2H3;2*1H;/q;;;;+2/p-2. The Morgan fingerprint density at radius 3 is 1.63 bits per heavy atom. The van der Waals surface area contributed by atoms with Crippen molar-refractivity contribution in [2.75, 3.05) is 22.9 Å². The summed E-state index contributed by atoms with van der Waals surface area (Å²) in [5.74, 6) is 0.477. The zero-order chi connectivity index (χ0) is 30.9. The number of nitrogens with zero attached hydrogens (tertiary/aromatic N) is 3. The molecule has 4 radical (unpaired) electrons. The van der Waals surface area contributed by atoms with Crippen molar-refractivity contribution in [3.63, 3.8) is 0 Å². The van der Waals surface area contributed by atoms with Crippen LogP contribution in [0.5, 0.6) is 5.75 Å². The number of nitro groups is 1. The Kier molecular flexibility index (Phi) is 13.9. The third-order valence-corrected chi connectivity index (χ3v) is 6.38. The Balaban J connectivity index is 0.000000294. The van der Waals surface area contributed by atoms with Gasteiger partial charge in [0.25, 0.3) is 5.69 Å².